The second kappa shape index (κ2) is 3.19. The fraction of sp³-hybridized carbons (Fsp3) is 0.800. The van der Waals surface area contributed by atoms with Crippen molar-refractivity contribution in [3.8, 4) is 0 Å². The van der Waals surface area contributed by atoms with Crippen LogP contribution in [-0.4, -0.2) is 24.4 Å². The van der Waals surface area contributed by atoms with E-state index in [1.165, 1.54) is 0 Å². The van der Waals surface area contributed by atoms with Crippen molar-refractivity contribution < 1.29 is 9.84 Å². The van der Waals surface area contributed by atoms with Crippen molar-refractivity contribution in [1.82, 2.24) is 0 Å². The van der Waals surface area contributed by atoms with Crippen molar-refractivity contribution in [1.29, 1.82) is 0 Å². The Bertz CT molecular complexity index is 198. The quantitative estimate of drug-likeness (QED) is 0.599. The fourth-order valence-corrected chi connectivity index (χ4v) is 2.26. The summed E-state index contributed by atoms with van der Waals surface area (Å²) in [5.74, 6) is 1.41. The molecule has 0 aromatic heterocycles. The van der Waals surface area contributed by atoms with Crippen LogP contribution in [0.25, 0.3) is 0 Å². The monoisotopic (exact) mass is 168 g/mol. The molecule has 3 unspecified atom stereocenters. The minimum absolute atomic E-state index is 0.209. The van der Waals surface area contributed by atoms with E-state index in [1.54, 1.807) is 0 Å². The van der Waals surface area contributed by atoms with E-state index in [4.69, 9.17) is 9.84 Å². The predicted molar refractivity (Wildman–Crippen MR) is 46.8 cm³/mol. The van der Waals surface area contributed by atoms with Crippen LogP contribution in [0.1, 0.15) is 19.8 Å². The molecule has 1 heterocycles. The third-order valence-corrected chi connectivity index (χ3v) is 3.13. The van der Waals surface area contributed by atoms with Crippen molar-refractivity contribution >= 4 is 0 Å². The molecule has 1 aliphatic heterocycles. The van der Waals surface area contributed by atoms with Gasteiger partial charge in [-0.2, -0.15) is 0 Å². The first kappa shape index (κ1) is 8.27. The highest BCUT2D eigenvalue weighted by atomic mass is 16.5. The predicted octanol–water partition coefficient (Wildman–Crippen LogP) is 1.35. The number of fused-ring (bicyclic) bond motifs is 1. The molecule has 1 saturated heterocycles. The van der Waals surface area contributed by atoms with Crippen LogP contribution >= 0.6 is 0 Å². The van der Waals surface area contributed by atoms with Crippen molar-refractivity contribution in [2.75, 3.05) is 13.2 Å². The highest BCUT2D eigenvalue weighted by Crippen LogP contribution is 2.36. The Labute approximate surface area is 73.2 Å². The van der Waals surface area contributed by atoms with Crippen molar-refractivity contribution in [3.63, 3.8) is 0 Å². The molecule has 0 radical (unpaired) electrons. The summed E-state index contributed by atoms with van der Waals surface area (Å²) in [4.78, 5) is 0. The molecule has 0 spiro atoms. The summed E-state index contributed by atoms with van der Waals surface area (Å²) in [7, 11) is 0. The van der Waals surface area contributed by atoms with E-state index in [0.29, 0.717) is 17.9 Å². The highest BCUT2D eigenvalue weighted by molar-refractivity contribution is 5.11. The lowest BCUT2D eigenvalue weighted by atomic mass is 9.82. The summed E-state index contributed by atoms with van der Waals surface area (Å²) in [6.45, 7) is 3.37. The fourth-order valence-electron chi connectivity index (χ4n) is 2.26. The lowest BCUT2D eigenvalue weighted by Gasteiger charge is -2.25. The van der Waals surface area contributed by atoms with E-state index in [-0.39, 0.29) is 6.61 Å². The molecule has 2 aliphatic rings. The summed E-state index contributed by atoms with van der Waals surface area (Å²) in [5, 5.41) is 8.95. The molecule has 1 N–H and O–H groups in total. The number of hydrogen-bond donors (Lipinski definition) is 1. The van der Waals surface area contributed by atoms with E-state index in [1.807, 2.05) is 0 Å². The molecule has 12 heavy (non-hydrogen) atoms. The summed E-state index contributed by atoms with van der Waals surface area (Å²) in [6.07, 6.45) is 4.63. The maximum absolute atomic E-state index is 8.95. The maximum Gasteiger partial charge on any atom is 0.0647 e. The van der Waals surface area contributed by atoms with Crippen molar-refractivity contribution in [3.05, 3.63) is 11.6 Å². The van der Waals surface area contributed by atoms with Gasteiger partial charge in [-0.3, -0.25) is 0 Å². The Kier molecular flexibility index (Phi) is 2.20. The molecule has 0 saturated carbocycles. The first-order chi connectivity index (χ1) is 5.81. The standard InChI is InChI=1S/C10H16O2/c1-7-6-12-10-4-8(5-11)2-3-9(7)10/h2,7,9-11H,3-6H2,1H3. The van der Waals surface area contributed by atoms with Gasteiger partial charge in [0.1, 0.15) is 0 Å². The van der Waals surface area contributed by atoms with Gasteiger partial charge >= 0.3 is 0 Å². The van der Waals surface area contributed by atoms with Gasteiger partial charge < -0.3 is 9.84 Å². The van der Waals surface area contributed by atoms with E-state index in [0.717, 1.165) is 25.0 Å². The smallest absolute Gasteiger partial charge is 0.0647 e. The second-order valence-electron chi connectivity index (χ2n) is 3.97. The molecule has 0 bridgehead atoms. The summed E-state index contributed by atoms with van der Waals surface area (Å²) in [6, 6.07) is 0. The van der Waals surface area contributed by atoms with E-state index < -0.39 is 0 Å². The molecular weight excluding hydrogens is 152 g/mol. The van der Waals surface area contributed by atoms with Crippen LogP contribution in [0.4, 0.5) is 0 Å². The molecule has 1 aliphatic carbocycles. The van der Waals surface area contributed by atoms with Crippen LogP contribution in [0.15, 0.2) is 11.6 Å². The largest absolute Gasteiger partial charge is 0.392 e. The topological polar surface area (TPSA) is 29.5 Å². The second-order valence-corrected chi connectivity index (χ2v) is 3.97. The first-order valence-corrected chi connectivity index (χ1v) is 4.71. The molecule has 3 atom stereocenters. The minimum atomic E-state index is 0.209. The SMILES string of the molecule is CC1COC2CC(CO)=CCC12. The van der Waals surface area contributed by atoms with E-state index in [9.17, 15) is 0 Å². The lowest BCUT2D eigenvalue weighted by Crippen LogP contribution is -2.23. The van der Waals surface area contributed by atoms with Gasteiger partial charge in [-0.15, -0.1) is 0 Å². The Morgan fingerprint density at radius 1 is 1.67 bits per heavy atom. The van der Waals surface area contributed by atoms with Crippen LogP contribution in [0.5, 0.6) is 0 Å². The van der Waals surface area contributed by atoms with Crippen LogP contribution in [0.2, 0.25) is 0 Å². The van der Waals surface area contributed by atoms with Crippen LogP contribution < -0.4 is 0 Å². The van der Waals surface area contributed by atoms with Crippen LogP contribution in [0.3, 0.4) is 0 Å². The molecule has 0 amide bonds. The molecule has 68 valence electrons. The molecule has 0 aromatic carbocycles. The van der Waals surface area contributed by atoms with Crippen molar-refractivity contribution in [2.45, 2.75) is 25.9 Å². The van der Waals surface area contributed by atoms with Gasteiger partial charge in [-0.1, -0.05) is 13.0 Å². The maximum atomic E-state index is 8.95. The summed E-state index contributed by atoms with van der Waals surface area (Å²) >= 11 is 0. The molecule has 0 aromatic rings. The highest BCUT2D eigenvalue weighted by Gasteiger charge is 2.35. The number of aliphatic hydroxyl groups is 1. The number of allylic oxidation sites excluding steroid dienone is 1. The number of aliphatic hydroxyl groups excluding tert-OH is 1. The summed E-state index contributed by atoms with van der Waals surface area (Å²) < 4.78 is 5.65. The Morgan fingerprint density at radius 3 is 3.25 bits per heavy atom. The van der Waals surface area contributed by atoms with Crippen LogP contribution in [-0.2, 0) is 4.74 Å². The molecule has 1 fully saturated rings. The van der Waals surface area contributed by atoms with E-state index in [2.05, 4.69) is 13.0 Å². The summed E-state index contributed by atoms with van der Waals surface area (Å²) in [5.41, 5.74) is 1.16. The van der Waals surface area contributed by atoms with Gasteiger partial charge in [0.25, 0.3) is 0 Å². The zero-order chi connectivity index (χ0) is 8.55. The average Bonchev–Trinajstić information content (AvgIpc) is 2.47. The average molecular weight is 168 g/mol. The van der Waals surface area contributed by atoms with Gasteiger partial charge in [0.2, 0.25) is 0 Å². The molecule has 2 heteroatoms. The Balaban J connectivity index is 2.06. The Hall–Kier alpha value is -0.340. The van der Waals surface area contributed by atoms with Gasteiger partial charge in [-0.05, 0) is 30.3 Å². The van der Waals surface area contributed by atoms with Gasteiger partial charge in [0, 0.05) is 6.61 Å². The third kappa shape index (κ3) is 1.29. The Morgan fingerprint density at radius 2 is 2.50 bits per heavy atom. The molecule has 2 rings (SSSR count). The van der Waals surface area contributed by atoms with E-state index >= 15 is 0 Å². The number of hydrogen-bond acceptors (Lipinski definition) is 2. The normalized spacial score (nSPS) is 40.8. The lowest BCUT2D eigenvalue weighted by molar-refractivity contribution is 0.0842. The minimum Gasteiger partial charge on any atom is -0.392 e. The first-order valence-electron chi connectivity index (χ1n) is 4.71. The number of rotatable bonds is 1. The zero-order valence-electron chi connectivity index (χ0n) is 7.49. The third-order valence-electron chi connectivity index (χ3n) is 3.13. The molecule has 2 nitrogen and oxygen atoms in total. The number of ether oxygens (including phenoxy) is 1. The van der Waals surface area contributed by atoms with Gasteiger partial charge in [0.15, 0.2) is 0 Å². The van der Waals surface area contributed by atoms with Gasteiger partial charge in [-0.25, -0.2) is 0 Å². The molecular formula is C10H16O2. The van der Waals surface area contributed by atoms with Crippen LogP contribution in [0, 0.1) is 11.8 Å². The zero-order valence-corrected chi connectivity index (χ0v) is 7.49. The van der Waals surface area contributed by atoms with Gasteiger partial charge in [0.05, 0.1) is 12.7 Å². The van der Waals surface area contributed by atoms with Crippen molar-refractivity contribution in [2.24, 2.45) is 11.8 Å².